The second kappa shape index (κ2) is 7.44. The summed E-state index contributed by atoms with van der Waals surface area (Å²) in [6, 6.07) is 0.563. The summed E-state index contributed by atoms with van der Waals surface area (Å²) in [4.78, 5) is 10.9. The van der Waals surface area contributed by atoms with E-state index in [0.717, 1.165) is 50.0 Å². The minimum atomic E-state index is -0.601. The number of hydrogen-bond acceptors (Lipinski definition) is 2. The fraction of sp³-hybridized carbons (Fsp3) is 0.941. The molecule has 2 fully saturated rings. The molecule has 0 spiro atoms. The van der Waals surface area contributed by atoms with Crippen molar-refractivity contribution in [1.29, 1.82) is 0 Å². The van der Waals surface area contributed by atoms with Crippen LogP contribution in [0.4, 0.5) is 0 Å². The zero-order valence-electron chi connectivity index (χ0n) is 13.1. The number of carboxylic acids is 1. The number of carbonyl (C=O) groups is 1. The SMILES string of the molecule is CC(C)C1CCC(CNC2CCC(C(=O)O)CC2)CC1. The van der Waals surface area contributed by atoms with Crippen LogP contribution in [0.3, 0.4) is 0 Å². The molecule has 0 saturated heterocycles. The highest BCUT2D eigenvalue weighted by molar-refractivity contribution is 5.70. The summed E-state index contributed by atoms with van der Waals surface area (Å²) < 4.78 is 0. The summed E-state index contributed by atoms with van der Waals surface area (Å²) in [5, 5.41) is 12.7. The maximum absolute atomic E-state index is 10.9. The third-order valence-corrected chi connectivity index (χ3v) is 5.61. The van der Waals surface area contributed by atoms with Gasteiger partial charge >= 0.3 is 5.97 Å². The van der Waals surface area contributed by atoms with E-state index in [9.17, 15) is 4.79 Å². The third-order valence-electron chi connectivity index (χ3n) is 5.61. The molecule has 3 heteroatoms. The van der Waals surface area contributed by atoms with Crippen LogP contribution in [0, 0.1) is 23.7 Å². The van der Waals surface area contributed by atoms with Crippen molar-refractivity contribution in [1.82, 2.24) is 5.32 Å². The largest absolute Gasteiger partial charge is 0.481 e. The van der Waals surface area contributed by atoms with E-state index < -0.39 is 5.97 Å². The summed E-state index contributed by atoms with van der Waals surface area (Å²) in [6.07, 6.45) is 9.34. The van der Waals surface area contributed by atoms with E-state index in [1.165, 1.54) is 25.7 Å². The topological polar surface area (TPSA) is 49.3 Å². The summed E-state index contributed by atoms with van der Waals surface area (Å²) in [5.74, 6) is 1.94. The molecule has 0 unspecified atom stereocenters. The van der Waals surface area contributed by atoms with Gasteiger partial charge in [0, 0.05) is 6.04 Å². The van der Waals surface area contributed by atoms with Crippen LogP contribution in [0.1, 0.15) is 65.2 Å². The summed E-state index contributed by atoms with van der Waals surface area (Å²) >= 11 is 0. The minimum Gasteiger partial charge on any atom is -0.481 e. The standard InChI is InChI=1S/C17H31NO2/c1-12(2)14-5-3-13(4-6-14)11-18-16-9-7-15(8-10-16)17(19)20/h12-16,18H,3-11H2,1-2H3,(H,19,20). The van der Waals surface area contributed by atoms with Gasteiger partial charge in [0.05, 0.1) is 5.92 Å². The lowest BCUT2D eigenvalue weighted by atomic mass is 9.77. The van der Waals surface area contributed by atoms with Gasteiger partial charge in [-0.2, -0.15) is 0 Å². The third kappa shape index (κ3) is 4.47. The average Bonchev–Trinajstić information content (AvgIpc) is 2.46. The van der Waals surface area contributed by atoms with Gasteiger partial charge in [-0.1, -0.05) is 13.8 Å². The molecule has 0 amide bonds. The lowest BCUT2D eigenvalue weighted by molar-refractivity contribution is -0.142. The first-order chi connectivity index (χ1) is 9.56. The van der Waals surface area contributed by atoms with Gasteiger partial charge in [0.2, 0.25) is 0 Å². The maximum Gasteiger partial charge on any atom is 0.306 e. The zero-order chi connectivity index (χ0) is 14.5. The lowest BCUT2D eigenvalue weighted by Crippen LogP contribution is -2.38. The van der Waals surface area contributed by atoms with Crippen molar-refractivity contribution in [3.05, 3.63) is 0 Å². The predicted molar refractivity (Wildman–Crippen MR) is 81.7 cm³/mol. The molecule has 0 aliphatic heterocycles. The van der Waals surface area contributed by atoms with Crippen LogP contribution in [0.2, 0.25) is 0 Å². The Morgan fingerprint density at radius 2 is 1.65 bits per heavy atom. The second-order valence-corrected chi connectivity index (χ2v) is 7.32. The van der Waals surface area contributed by atoms with Crippen LogP contribution in [-0.2, 0) is 4.79 Å². The Bertz CT molecular complexity index is 300. The highest BCUT2D eigenvalue weighted by Gasteiger charge is 2.27. The molecule has 2 aliphatic rings. The number of hydrogen-bond donors (Lipinski definition) is 2. The Balaban J connectivity index is 1.61. The Hall–Kier alpha value is -0.570. The highest BCUT2D eigenvalue weighted by atomic mass is 16.4. The van der Waals surface area contributed by atoms with Crippen LogP contribution < -0.4 is 5.32 Å². The van der Waals surface area contributed by atoms with Crippen molar-refractivity contribution in [3.8, 4) is 0 Å². The molecule has 0 aromatic heterocycles. The molecule has 0 aromatic carbocycles. The normalized spacial score (nSPS) is 35.1. The highest BCUT2D eigenvalue weighted by Crippen LogP contribution is 2.33. The monoisotopic (exact) mass is 281 g/mol. The fourth-order valence-electron chi connectivity index (χ4n) is 3.94. The van der Waals surface area contributed by atoms with E-state index >= 15 is 0 Å². The van der Waals surface area contributed by atoms with Crippen LogP contribution in [0.15, 0.2) is 0 Å². The quantitative estimate of drug-likeness (QED) is 0.808. The van der Waals surface area contributed by atoms with Gasteiger partial charge in [0.1, 0.15) is 0 Å². The molecule has 0 aromatic rings. The molecule has 0 heterocycles. The second-order valence-electron chi connectivity index (χ2n) is 7.32. The van der Waals surface area contributed by atoms with Gasteiger partial charge in [0.25, 0.3) is 0 Å². The first-order valence-corrected chi connectivity index (χ1v) is 8.52. The fourth-order valence-corrected chi connectivity index (χ4v) is 3.94. The Morgan fingerprint density at radius 3 is 2.15 bits per heavy atom. The first-order valence-electron chi connectivity index (χ1n) is 8.52. The molecule has 20 heavy (non-hydrogen) atoms. The van der Waals surface area contributed by atoms with E-state index in [1.807, 2.05) is 0 Å². The van der Waals surface area contributed by atoms with Gasteiger partial charge in [-0.05, 0) is 75.7 Å². The smallest absolute Gasteiger partial charge is 0.306 e. The number of nitrogens with one attached hydrogen (secondary N) is 1. The average molecular weight is 281 g/mol. The summed E-state index contributed by atoms with van der Waals surface area (Å²) in [6.45, 7) is 5.85. The maximum atomic E-state index is 10.9. The van der Waals surface area contributed by atoms with Gasteiger partial charge in [-0.3, -0.25) is 4.79 Å². The van der Waals surface area contributed by atoms with Crippen LogP contribution in [-0.4, -0.2) is 23.7 Å². The van der Waals surface area contributed by atoms with E-state index in [2.05, 4.69) is 19.2 Å². The molecule has 116 valence electrons. The van der Waals surface area contributed by atoms with Crippen LogP contribution in [0.5, 0.6) is 0 Å². The summed E-state index contributed by atoms with van der Waals surface area (Å²) in [7, 11) is 0. The number of carboxylic acid groups (broad SMARTS) is 1. The molecular weight excluding hydrogens is 250 g/mol. The number of aliphatic carboxylic acids is 1. The molecule has 0 radical (unpaired) electrons. The van der Waals surface area contributed by atoms with Crippen molar-refractivity contribution in [2.24, 2.45) is 23.7 Å². The van der Waals surface area contributed by atoms with Crippen LogP contribution >= 0.6 is 0 Å². The van der Waals surface area contributed by atoms with Gasteiger partial charge in [-0.15, -0.1) is 0 Å². The molecule has 2 aliphatic carbocycles. The molecular formula is C17H31NO2. The zero-order valence-corrected chi connectivity index (χ0v) is 13.1. The van der Waals surface area contributed by atoms with E-state index in [-0.39, 0.29) is 5.92 Å². The predicted octanol–water partition coefficient (Wildman–Crippen LogP) is 3.68. The van der Waals surface area contributed by atoms with E-state index in [4.69, 9.17) is 5.11 Å². The molecule has 0 atom stereocenters. The van der Waals surface area contributed by atoms with Crippen molar-refractivity contribution < 1.29 is 9.90 Å². The van der Waals surface area contributed by atoms with Crippen LogP contribution in [0.25, 0.3) is 0 Å². The lowest BCUT2D eigenvalue weighted by Gasteiger charge is -2.33. The van der Waals surface area contributed by atoms with E-state index in [0.29, 0.717) is 6.04 Å². The number of rotatable bonds is 5. The summed E-state index contributed by atoms with van der Waals surface area (Å²) in [5.41, 5.74) is 0. The molecule has 2 saturated carbocycles. The van der Waals surface area contributed by atoms with Gasteiger partial charge in [-0.25, -0.2) is 0 Å². The van der Waals surface area contributed by atoms with Crippen molar-refractivity contribution >= 4 is 5.97 Å². The first kappa shape index (κ1) is 15.8. The van der Waals surface area contributed by atoms with Crippen molar-refractivity contribution in [3.63, 3.8) is 0 Å². The van der Waals surface area contributed by atoms with Crippen molar-refractivity contribution in [2.45, 2.75) is 71.3 Å². The Morgan fingerprint density at radius 1 is 1.05 bits per heavy atom. The molecule has 0 bridgehead atoms. The van der Waals surface area contributed by atoms with E-state index in [1.54, 1.807) is 0 Å². The molecule has 3 nitrogen and oxygen atoms in total. The van der Waals surface area contributed by atoms with Gasteiger partial charge in [0.15, 0.2) is 0 Å². The Labute approximate surface area is 123 Å². The Kier molecular flexibility index (Phi) is 5.88. The van der Waals surface area contributed by atoms with Crippen molar-refractivity contribution in [2.75, 3.05) is 6.54 Å². The molecule has 2 rings (SSSR count). The van der Waals surface area contributed by atoms with Gasteiger partial charge < -0.3 is 10.4 Å². The molecule has 2 N–H and O–H groups in total. The minimum absolute atomic E-state index is 0.0884.